The maximum Gasteiger partial charge on any atom is 0.0726 e. The van der Waals surface area contributed by atoms with Gasteiger partial charge in [0.1, 0.15) is 0 Å². The van der Waals surface area contributed by atoms with E-state index >= 15 is 0 Å². The quantitative estimate of drug-likeness (QED) is 0.747. The minimum absolute atomic E-state index is 0.873. The van der Waals surface area contributed by atoms with Gasteiger partial charge in [-0.15, -0.1) is 0 Å². The summed E-state index contributed by atoms with van der Waals surface area (Å²) < 4.78 is 0. The highest BCUT2D eigenvalue weighted by molar-refractivity contribution is 6.06. The zero-order chi connectivity index (χ0) is 11.5. The molecule has 1 heterocycles. The molecule has 0 saturated carbocycles. The topological polar surface area (TPSA) is 24.4 Å². The molecule has 0 amide bonds. The molecule has 2 nitrogen and oxygen atoms in total. The Kier molecular flexibility index (Phi) is 2.91. The molecule has 0 aliphatic carbocycles. The van der Waals surface area contributed by atoms with E-state index in [4.69, 9.17) is 0 Å². The molecular formula is C14H16N2. The minimum Gasteiger partial charge on any atom is -0.278 e. The summed E-state index contributed by atoms with van der Waals surface area (Å²) in [6.07, 6.45) is 3.00. The van der Waals surface area contributed by atoms with Crippen molar-refractivity contribution >= 4 is 11.4 Å². The average molecular weight is 212 g/mol. The number of hydrazone groups is 1. The Morgan fingerprint density at radius 2 is 2.06 bits per heavy atom. The molecule has 2 rings (SSSR count). The molecule has 1 aliphatic heterocycles. The van der Waals surface area contributed by atoms with E-state index in [0.29, 0.717) is 0 Å². The van der Waals surface area contributed by atoms with Crippen LogP contribution >= 0.6 is 0 Å². The third-order valence-corrected chi connectivity index (χ3v) is 2.83. The SMILES string of the molecule is C=C1NN=C(C/C(C)=C/C)c2ccccc21. The van der Waals surface area contributed by atoms with Crippen LogP contribution in [0.25, 0.3) is 5.70 Å². The fourth-order valence-electron chi connectivity index (χ4n) is 1.75. The molecule has 0 saturated heterocycles. The van der Waals surface area contributed by atoms with Crippen molar-refractivity contribution in [3.05, 3.63) is 53.6 Å². The molecule has 1 aliphatic rings. The summed E-state index contributed by atoms with van der Waals surface area (Å²) in [5.41, 5.74) is 8.60. The van der Waals surface area contributed by atoms with Crippen LogP contribution in [0, 0.1) is 0 Å². The van der Waals surface area contributed by atoms with E-state index in [2.05, 4.69) is 49.2 Å². The van der Waals surface area contributed by atoms with Gasteiger partial charge in [0.05, 0.1) is 11.4 Å². The molecule has 0 spiro atoms. The molecule has 1 aromatic carbocycles. The Labute approximate surface area is 96.4 Å². The number of nitrogens with one attached hydrogen (secondary N) is 1. The number of fused-ring (bicyclic) bond motifs is 1. The molecule has 0 unspecified atom stereocenters. The highest BCUT2D eigenvalue weighted by Crippen LogP contribution is 2.23. The van der Waals surface area contributed by atoms with Gasteiger partial charge in [-0.2, -0.15) is 5.10 Å². The van der Waals surface area contributed by atoms with Crippen LogP contribution in [0.2, 0.25) is 0 Å². The molecule has 1 N–H and O–H groups in total. The normalized spacial score (nSPS) is 15.2. The molecule has 16 heavy (non-hydrogen) atoms. The second-order valence-corrected chi connectivity index (χ2v) is 4.01. The van der Waals surface area contributed by atoms with E-state index in [-0.39, 0.29) is 0 Å². The van der Waals surface area contributed by atoms with Crippen LogP contribution in [0.5, 0.6) is 0 Å². The van der Waals surface area contributed by atoms with E-state index in [0.717, 1.165) is 23.4 Å². The molecule has 0 bridgehead atoms. The fourth-order valence-corrected chi connectivity index (χ4v) is 1.75. The molecule has 0 fully saturated rings. The van der Waals surface area contributed by atoms with Gasteiger partial charge in [-0.1, -0.05) is 42.5 Å². The fraction of sp³-hybridized carbons (Fsp3) is 0.214. The molecule has 2 heteroatoms. The molecule has 82 valence electrons. The number of nitrogens with zero attached hydrogens (tertiary/aromatic N) is 1. The predicted molar refractivity (Wildman–Crippen MR) is 69.2 cm³/mol. The van der Waals surface area contributed by atoms with Crippen LogP contribution in [0.15, 0.2) is 47.6 Å². The van der Waals surface area contributed by atoms with Crippen molar-refractivity contribution in [2.75, 3.05) is 0 Å². The highest BCUT2D eigenvalue weighted by atomic mass is 15.3. The summed E-state index contributed by atoms with van der Waals surface area (Å²) in [5, 5.41) is 4.37. The first-order valence-electron chi connectivity index (χ1n) is 5.45. The summed E-state index contributed by atoms with van der Waals surface area (Å²) in [4.78, 5) is 0. The van der Waals surface area contributed by atoms with Crippen molar-refractivity contribution in [2.45, 2.75) is 20.3 Å². The van der Waals surface area contributed by atoms with Crippen molar-refractivity contribution in [1.82, 2.24) is 5.43 Å². The van der Waals surface area contributed by atoms with Crippen LogP contribution in [0.3, 0.4) is 0 Å². The van der Waals surface area contributed by atoms with Gasteiger partial charge in [0, 0.05) is 17.5 Å². The number of hydrogen-bond acceptors (Lipinski definition) is 2. The molecule has 1 aromatic rings. The lowest BCUT2D eigenvalue weighted by Crippen LogP contribution is -2.19. The molecule has 0 radical (unpaired) electrons. The summed E-state index contributed by atoms with van der Waals surface area (Å²) in [7, 11) is 0. The van der Waals surface area contributed by atoms with E-state index in [1.165, 1.54) is 11.1 Å². The van der Waals surface area contributed by atoms with Gasteiger partial charge in [-0.05, 0) is 13.8 Å². The lowest BCUT2D eigenvalue weighted by atomic mass is 9.96. The second kappa shape index (κ2) is 4.35. The maximum absolute atomic E-state index is 4.37. The first kappa shape index (κ1) is 10.7. The first-order valence-corrected chi connectivity index (χ1v) is 5.45. The second-order valence-electron chi connectivity index (χ2n) is 4.01. The highest BCUT2D eigenvalue weighted by Gasteiger charge is 2.15. The minimum atomic E-state index is 0.873. The summed E-state index contributed by atoms with van der Waals surface area (Å²) >= 11 is 0. The summed E-state index contributed by atoms with van der Waals surface area (Å²) in [6.45, 7) is 8.13. The van der Waals surface area contributed by atoms with Gasteiger partial charge in [0.15, 0.2) is 0 Å². The Morgan fingerprint density at radius 1 is 1.38 bits per heavy atom. The standard InChI is InChI=1S/C14H16N2/c1-4-10(2)9-14-13-8-6-5-7-12(13)11(3)15-16-14/h4-8,15H,3,9H2,1-2H3/b10-4+. The number of allylic oxidation sites excluding steroid dienone is 2. The Morgan fingerprint density at radius 3 is 2.75 bits per heavy atom. The number of rotatable bonds is 2. The third-order valence-electron chi connectivity index (χ3n) is 2.83. The smallest absolute Gasteiger partial charge is 0.0726 e. The van der Waals surface area contributed by atoms with Crippen molar-refractivity contribution in [1.29, 1.82) is 0 Å². The number of hydrogen-bond donors (Lipinski definition) is 1. The van der Waals surface area contributed by atoms with E-state index in [1.807, 2.05) is 12.1 Å². The predicted octanol–water partition coefficient (Wildman–Crippen LogP) is 3.32. The lowest BCUT2D eigenvalue weighted by molar-refractivity contribution is 0.963. The first-order chi connectivity index (χ1) is 7.72. The van der Waals surface area contributed by atoms with E-state index < -0.39 is 0 Å². The van der Waals surface area contributed by atoms with Crippen LogP contribution in [0.4, 0.5) is 0 Å². The zero-order valence-electron chi connectivity index (χ0n) is 9.75. The number of benzene rings is 1. The largest absolute Gasteiger partial charge is 0.278 e. The van der Waals surface area contributed by atoms with Crippen LogP contribution in [-0.2, 0) is 0 Å². The summed E-state index contributed by atoms with van der Waals surface area (Å²) in [6, 6.07) is 8.24. The molecular weight excluding hydrogens is 196 g/mol. The van der Waals surface area contributed by atoms with Gasteiger partial charge in [0.25, 0.3) is 0 Å². The van der Waals surface area contributed by atoms with Crippen LogP contribution < -0.4 is 5.43 Å². The van der Waals surface area contributed by atoms with Gasteiger partial charge in [-0.25, -0.2) is 0 Å². The Balaban J connectivity index is 2.39. The van der Waals surface area contributed by atoms with Crippen LogP contribution in [-0.4, -0.2) is 5.71 Å². The van der Waals surface area contributed by atoms with Crippen molar-refractivity contribution in [3.63, 3.8) is 0 Å². The average Bonchev–Trinajstić information content (AvgIpc) is 2.33. The van der Waals surface area contributed by atoms with Gasteiger partial charge in [-0.3, -0.25) is 5.43 Å². The van der Waals surface area contributed by atoms with E-state index in [9.17, 15) is 0 Å². The Bertz CT molecular complexity index is 481. The maximum atomic E-state index is 4.37. The van der Waals surface area contributed by atoms with Crippen molar-refractivity contribution < 1.29 is 0 Å². The van der Waals surface area contributed by atoms with E-state index in [1.54, 1.807) is 0 Å². The van der Waals surface area contributed by atoms with Crippen molar-refractivity contribution in [2.24, 2.45) is 5.10 Å². The lowest BCUT2D eigenvalue weighted by Gasteiger charge is -2.19. The third kappa shape index (κ3) is 1.91. The van der Waals surface area contributed by atoms with Crippen molar-refractivity contribution in [3.8, 4) is 0 Å². The molecule has 0 atom stereocenters. The van der Waals surface area contributed by atoms with Gasteiger partial charge < -0.3 is 0 Å². The Hall–Kier alpha value is -1.83. The zero-order valence-corrected chi connectivity index (χ0v) is 9.75. The van der Waals surface area contributed by atoms with Gasteiger partial charge >= 0.3 is 0 Å². The van der Waals surface area contributed by atoms with Gasteiger partial charge in [0.2, 0.25) is 0 Å². The summed E-state index contributed by atoms with van der Waals surface area (Å²) in [5.74, 6) is 0. The monoisotopic (exact) mass is 212 g/mol. The van der Waals surface area contributed by atoms with Crippen LogP contribution in [0.1, 0.15) is 31.4 Å². The molecule has 0 aromatic heterocycles.